The molecule has 90 valence electrons. The lowest BCUT2D eigenvalue weighted by atomic mass is 10.1. The third-order valence-corrected chi connectivity index (χ3v) is 2.46. The SMILES string of the molecule is CC(O)Cc1nc(CCc2ccccc2)no1. The van der Waals surface area contributed by atoms with Gasteiger partial charge in [0.05, 0.1) is 12.5 Å². The van der Waals surface area contributed by atoms with Crippen molar-refractivity contribution in [3.8, 4) is 0 Å². The number of rotatable bonds is 5. The van der Waals surface area contributed by atoms with Gasteiger partial charge in [0, 0.05) is 6.42 Å². The minimum absolute atomic E-state index is 0.415. The number of hydrogen-bond donors (Lipinski definition) is 1. The number of aryl methyl sites for hydroxylation is 2. The maximum atomic E-state index is 9.20. The lowest BCUT2D eigenvalue weighted by molar-refractivity contribution is 0.181. The van der Waals surface area contributed by atoms with Crippen molar-refractivity contribution in [1.82, 2.24) is 10.1 Å². The fourth-order valence-electron chi connectivity index (χ4n) is 1.63. The number of aliphatic hydroxyl groups excluding tert-OH is 1. The zero-order valence-electron chi connectivity index (χ0n) is 9.84. The summed E-state index contributed by atoms with van der Waals surface area (Å²) in [5, 5.41) is 13.1. The predicted octanol–water partition coefficient (Wildman–Crippen LogP) is 1.78. The minimum Gasteiger partial charge on any atom is -0.393 e. The van der Waals surface area contributed by atoms with Crippen LogP contribution in [0.1, 0.15) is 24.2 Å². The summed E-state index contributed by atoms with van der Waals surface area (Å²) in [6.07, 6.45) is 1.62. The molecule has 0 aliphatic carbocycles. The van der Waals surface area contributed by atoms with Crippen LogP contribution in [0.2, 0.25) is 0 Å². The zero-order chi connectivity index (χ0) is 12.1. The lowest BCUT2D eigenvalue weighted by Gasteiger charge is -1.97. The van der Waals surface area contributed by atoms with E-state index in [1.54, 1.807) is 6.92 Å². The Hall–Kier alpha value is -1.68. The summed E-state index contributed by atoms with van der Waals surface area (Å²) in [6, 6.07) is 10.2. The van der Waals surface area contributed by atoms with E-state index >= 15 is 0 Å². The molecule has 1 aromatic heterocycles. The van der Waals surface area contributed by atoms with E-state index in [-0.39, 0.29) is 0 Å². The van der Waals surface area contributed by atoms with Gasteiger partial charge >= 0.3 is 0 Å². The molecule has 1 heterocycles. The molecule has 17 heavy (non-hydrogen) atoms. The van der Waals surface area contributed by atoms with Crippen molar-refractivity contribution < 1.29 is 9.63 Å². The second kappa shape index (κ2) is 5.59. The molecule has 0 saturated carbocycles. The molecule has 0 aliphatic heterocycles. The van der Waals surface area contributed by atoms with E-state index in [1.807, 2.05) is 18.2 Å². The standard InChI is InChI=1S/C13H16N2O2/c1-10(16)9-13-14-12(15-17-13)8-7-11-5-3-2-4-6-11/h2-6,10,16H,7-9H2,1H3. The number of aliphatic hydroxyl groups is 1. The summed E-state index contributed by atoms with van der Waals surface area (Å²) in [5.41, 5.74) is 1.26. The molecule has 0 aliphatic rings. The molecule has 0 spiro atoms. The van der Waals surface area contributed by atoms with Crippen molar-refractivity contribution in [3.05, 3.63) is 47.6 Å². The topological polar surface area (TPSA) is 59.2 Å². The van der Waals surface area contributed by atoms with E-state index in [2.05, 4.69) is 22.3 Å². The van der Waals surface area contributed by atoms with Crippen molar-refractivity contribution in [1.29, 1.82) is 0 Å². The van der Waals surface area contributed by atoms with E-state index in [9.17, 15) is 5.11 Å². The fraction of sp³-hybridized carbons (Fsp3) is 0.385. The lowest BCUT2D eigenvalue weighted by Crippen LogP contribution is -2.04. The summed E-state index contributed by atoms with van der Waals surface area (Å²) < 4.78 is 5.04. The first-order valence-electron chi connectivity index (χ1n) is 5.77. The van der Waals surface area contributed by atoms with Crippen molar-refractivity contribution in [2.24, 2.45) is 0 Å². The van der Waals surface area contributed by atoms with Gasteiger partial charge in [-0.3, -0.25) is 0 Å². The largest absolute Gasteiger partial charge is 0.393 e. The van der Waals surface area contributed by atoms with Crippen LogP contribution in [0.25, 0.3) is 0 Å². The van der Waals surface area contributed by atoms with E-state index in [0.717, 1.165) is 12.8 Å². The van der Waals surface area contributed by atoms with Crippen LogP contribution in [0.15, 0.2) is 34.9 Å². The fourth-order valence-corrected chi connectivity index (χ4v) is 1.63. The summed E-state index contributed by atoms with van der Waals surface area (Å²) in [7, 11) is 0. The first kappa shape index (κ1) is 11.8. The molecule has 1 atom stereocenters. The Bertz CT molecular complexity index is 451. The van der Waals surface area contributed by atoms with Gasteiger partial charge in [0.15, 0.2) is 5.82 Å². The molecule has 0 saturated heterocycles. The van der Waals surface area contributed by atoms with Gasteiger partial charge in [0.2, 0.25) is 5.89 Å². The first-order chi connectivity index (χ1) is 8.24. The maximum Gasteiger partial charge on any atom is 0.229 e. The highest BCUT2D eigenvalue weighted by Crippen LogP contribution is 2.06. The average molecular weight is 232 g/mol. The molecule has 0 bridgehead atoms. The molecule has 4 heteroatoms. The number of aromatic nitrogens is 2. The quantitative estimate of drug-likeness (QED) is 0.853. The molecule has 2 rings (SSSR count). The normalized spacial score (nSPS) is 12.6. The third-order valence-electron chi connectivity index (χ3n) is 2.46. The van der Waals surface area contributed by atoms with Crippen molar-refractivity contribution >= 4 is 0 Å². The highest BCUT2D eigenvalue weighted by Gasteiger charge is 2.08. The molecule has 2 aromatic rings. The molecule has 1 aromatic carbocycles. The Balaban J connectivity index is 1.89. The highest BCUT2D eigenvalue weighted by molar-refractivity contribution is 5.15. The third kappa shape index (κ3) is 3.67. The van der Waals surface area contributed by atoms with Crippen LogP contribution in [0.3, 0.4) is 0 Å². The molecule has 4 nitrogen and oxygen atoms in total. The average Bonchev–Trinajstić information content (AvgIpc) is 2.75. The zero-order valence-corrected chi connectivity index (χ0v) is 9.84. The van der Waals surface area contributed by atoms with Crippen molar-refractivity contribution in [2.45, 2.75) is 32.3 Å². The van der Waals surface area contributed by atoms with Crippen LogP contribution in [0, 0.1) is 0 Å². The minimum atomic E-state index is -0.447. The Morgan fingerprint density at radius 1 is 1.24 bits per heavy atom. The Morgan fingerprint density at radius 3 is 2.71 bits per heavy atom. The van der Waals surface area contributed by atoms with E-state index in [1.165, 1.54) is 5.56 Å². The smallest absolute Gasteiger partial charge is 0.229 e. The predicted molar refractivity (Wildman–Crippen MR) is 63.5 cm³/mol. The van der Waals surface area contributed by atoms with Gasteiger partial charge in [-0.25, -0.2) is 0 Å². The van der Waals surface area contributed by atoms with Crippen LogP contribution in [0.5, 0.6) is 0 Å². The Kier molecular flexibility index (Phi) is 3.88. The Labute approximate surface area is 100 Å². The monoisotopic (exact) mass is 232 g/mol. The molecule has 0 amide bonds. The number of benzene rings is 1. The number of nitrogens with zero attached hydrogens (tertiary/aromatic N) is 2. The molecule has 1 N–H and O–H groups in total. The van der Waals surface area contributed by atoms with E-state index in [4.69, 9.17) is 4.52 Å². The van der Waals surface area contributed by atoms with Crippen molar-refractivity contribution in [2.75, 3.05) is 0 Å². The van der Waals surface area contributed by atoms with Gasteiger partial charge < -0.3 is 9.63 Å². The van der Waals surface area contributed by atoms with Gasteiger partial charge in [-0.05, 0) is 18.9 Å². The van der Waals surface area contributed by atoms with Crippen LogP contribution in [0.4, 0.5) is 0 Å². The Morgan fingerprint density at radius 2 is 2.00 bits per heavy atom. The van der Waals surface area contributed by atoms with Gasteiger partial charge in [0.25, 0.3) is 0 Å². The summed E-state index contributed by atoms with van der Waals surface area (Å²) in [6.45, 7) is 1.70. The van der Waals surface area contributed by atoms with Crippen LogP contribution < -0.4 is 0 Å². The number of hydrogen-bond acceptors (Lipinski definition) is 4. The molecular formula is C13H16N2O2. The van der Waals surface area contributed by atoms with Gasteiger partial charge in [0.1, 0.15) is 0 Å². The molecule has 0 fully saturated rings. The summed E-state index contributed by atoms with van der Waals surface area (Å²) in [4.78, 5) is 4.23. The van der Waals surface area contributed by atoms with Crippen molar-refractivity contribution in [3.63, 3.8) is 0 Å². The molecular weight excluding hydrogens is 216 g/mol. The first-order valence-corrected chi connectivity index (χ1v) is 5.77. The van der Waals surface area contributed by atoms with Gasteiger partial charge in [-0.15, -0.1) is 0 Å². The van der Waals surface area contributed by atoms with E-state index < -0.39 is 6.10 Å². The second-order valence-corrected chi connectivity index (χ2v) is 4.14. The highest BCUT2D eigenvalue weighted by atomic mass is 16.5. The van der Waals surface area contributed by atoms with E-state index in [0.29, 0.717) is 18.1 Å². The van der Waals surface area contributed by atoms with Crippen LogP contribution in [-0.2, 0) is 19.3 Å². The van der Waals surface area contributed by atoms with Crippen LogP contribution in [-0.4, -0.2) is 21.4 Å². The van der Waals surface area contributed by atoms with Gasteiger partial charge in [-0.1, -0.05) is 35.5 Å². The molecule has 1 unspecified atom stereocenters. The summed E-state index contributed by atoms with van der Waals surface area (Å²) >= 11 is 0. The second-order valence-electron chi connectivity index (χ2n) is 4.14. The maximum absolute atomic E-state index is 9.20. The van der Waals surface area contributed by atoms with Crippen LogP contribution >= 0.6 is 0 Å². The molecule has 0 radical (unpaired) electrons. The van der Waals surface area contributed by atoms with Gasteiger partial charge in [-0.2, -0.15) is 4.98 Å². The summed E-state index contributed by atoms with van der Waals surface area (Å²) in [5.74, 6) is 1.20.